The molecule has 10 nitrogen and oxygen atoms in total. The van der Waals surface area contributed by atoms with E-state index in [4.69, 9.17) is 10.5 Å². The molecule has 3 N–H and O–H groups in total. The van der Waals surface area contributed by atoms with Crippen LogP contribution < -0.4 is 15.8 Å². The Balaban J connectivity index is 1.15. The molecule has 3 aliphatic rings. The molecule has 1 spiro atoms. The molecular formula is C21H24N6O4. The minimum Gasteiger partial charge on any atom is -0.474 e. The molecule has 1 aliphatic heterocycles. The van der Waals surface area contributed by atoms with E-state index in [1.807, 2.05) is 17.8 Å². The van der Waals surface area contributed by atoms with Crippen molar-refractivity contribution in [2.24, 2.45) is 18.2 Å². The van der Waals surface area contributed by atoms with Crippen molar-refractivity contribution in [3.05, 3.63) is 42.1 Å². The van der Waals surface area contributed by atoms with Crippen molar-refractivity contribution in [3.63, 3.8) is 0 Å². The van der Waals surface area contributed by atoms with E-state index in [1.54, 1.807) is 24.7 Å². The third kappa shape index (κ3) is 3.41. The summed E-state index contributed by atoms with van der Waals surface area (Å²) in [6.07, 6.45) is 8.58. The molecule has 2 aromatic heterocycles. The van der Waals surface area contributed by atoms with Gasteiger partial charge in [-0.2, -0.15) is 0 Å². The number of primary amides is 1. The third-order valence-electron chi connectivity index (χ3n) is 6.56. The summed E-state index contributed by atoms with van der Waals surface area (Å²) in [5.41, 5.74) is 6.50. The van der Waals surface area contributed by atoms with Gasteiger partial charge in [0.1, 0.15) is 17.7 Å². The quantitative estimate of drug-likeness (QED) is 0.658. The molecule has 5 rings (SSSR count). The summed E-state index contributed by atoms with van der Waals surface area (Å²) in [7, 11) is 1.86. The number of rotatable bonds is 6. The van der Waals surface area contributed by atoms with E-state index in [-0.39, 0.29) is 40.9 Å². The van der Waals surface area contributed by atoms with Gasteiger partial charge in [0.15, 0.2) is 0 Å². The highest BCUT2D eigenvalue weighted by atomic mass is 16.5. The number of pyridine rings is 1. The predicted octanol–water partition coefficient (Wildman–Crippen LogP) is 0.767. The second-order valence-corrected chi connectivity index (χ2v) is 8.88. The number of nitrogens with two attached hydrogens (primary N) is 1. The SMILES string of the molecule is Cn1cnc(CC2NC(=O)N(C3CC4(CC(Oc5ncccc5C(N)=O)C4)C3)C2=O)c1. The number of amides is 4. The molecular weight excluding hydrogens is 400 g/mol. The molecule has 2 saturated carbocycles. The zero-order valence-corrected chi connectivity index (χ0v) is 17.2. The first-order chi connectivity index (χ1) is 14.8. The van der Waals surface area contributed by atoms with Crippen LogP contribution in [0.2, 0.25) is 0 Å². The topological polar surface area (TPSA) is 132 Å². The molecule has 162 valence electrons. The van der Waals surface area contributed by atoms with Gasteiger partial charge in [0.25, 0.3) is 11.8 Å². The van der Waals surface area contributed by atoms with Crippen LogP contribution in [0.3, 0.4) is 0 Å². The number of hydrogen-bond acceptors (Lipinski definition) is 6. The zero-order valence-electron chi connectivity index (χ0n) is 17.2. The van der Waals surface area contributed by atoms with E-state index >= 15 is 0 Å². The number of urea groups is 1. The van der Waals surface area contributed by atoms with Crippen molar-refractivity contribution in [1.82, 2.24) is 24.8 Å². The maximum atomic E-state index is 12.8. The third-order valence-corrected chi connectivity index (χ3v) is 6.56. The Labute approximate surface area is 178 Å². The molecule has 3 heterocycles. The summed E-state index contributed by atoms with van der Waals surface area (Å²) in [5, 5.41) is 2.79. The number of nitrogens with zero attached hydrogens (tertiary/aromatic N) is 4. The monoisotopic (exact) mass is 424 g/mol. The summed E-state index contributed by atoms with van der Waals surface area (Å²) in [4.78, 5) is 46.5. The smallest absolute Gasteiger partial charge is 0.325 e. The van der Waals surface area contributed by atoms with Gasteiger partial charge in [0.2, 0.25) is 5.88 Å². The number of imide groups is 1. The van der Waals surface area contributed by atoms with Crippen LogP contribution in [0.5, 0.6) is 5.88 Å². The second kappa shape index (κ2) is 7.07. The van der Waals surface area contributed by atoms with Crippen LogP contribution in [0.1, 0.15) is 41.7 Å². The zero-order chi connectivity index (χ0) is 21.8. The minimum atomic E-state index is -0.570. The van der Waals surface area contributed by atoms with Gasteiger partial charge in [0.05, 0.1) is 12.0 Å². The Hall–Kier alpha value is -3.43. The molecule has 1 saturated heterocycles. The summed E-state index contributed by atoms with van der Waals surface area (Å²) >= 11 is 0. The summed E-state index contributed by atoms with van der Waals surface area (Å²) in [6.45, 7) is 0. The Bertz CT molecular complexity index is 1050. The van der Waals surface area contributed by atoms with Gasteiger partial charge in [-0.1, -0.05) is 0 Å². The first-order valence-electron chi connectivity index (χ1n) is 10.4. The van der Waals surface area contributed by atoms with Gasteiger partial charge in [-0.25, -0.2) is 14.8 Å². The largest absolute Gasteiger partial charge is 0.474 e. The normalized spacial score (nSPS) is 29.5. The Morgan fingerprint density at radius 3 is 2.74 bits per heavy atom. The number of hydrogen-bond donors (Lipinski definition) is 2. The number of imidazole rings is 1. The summed E-state index contributed by atoms with van der Waals surface area (Å²) in [5.74, 6) is -0.487. The Morgan fingerprint density at radius 1 is 1.29 bits per heavy atom. The van der Waals surface area contributed by atoms with E-state index < -0.39 is 11.9 Å². The summed E-state index contributed by atoms with van der Waals surface area (Å²) in [6, 6.07) is 2.27. The van der Waals surface area contributed by atoms with Crippen molar-refractivity contribution in [1.29, 1.82) is 0 Å². The van der Waals surface area contributed by atoms with Gasteiger partial charge in [-0.05, 0) is 43.2 Å². The standard InChI is InChI=1S/C21H24N6O4/c1-26-10-12(24-11-26)5-16-19(29)27(20(30)25-16)13-6-21(7-13)8-14(9-21)31-18-15(17(22)28)3-2-4-23-18/h2-4,10-11,13-14,16H,5-9H2,1H3,(H2,22,28)(H,25,30). The van der Waals surface area contributed by atoms with Crippen molar-refractivity contribution in [3.8, 4) is 5.88 Å². The second-order valence-electron chi connectivity index (χ2n) is 8.88. The van der Waals surface area contributed by atoms with Crippen molar-refractivity contribution in [2.45, 2.75) is 50.3 Å². The average molecular weight is 424 g/mol. The first-order valence-corrected chi connectivity index (χ1v) is 10.4. The maximum absolute atomic E-state index is 12.8. The van der Waals surface area contributed by atoms with E-state index in [1.165, 1.54) is 4.90 Å². The molecule has 0 radical (unpaired) electrons. The molecule has 2 aromatic rings. The molecule has 2 aliphatic carbocycles. The van der Waals surface area contributed by atoms with E-state index in [0.29, 0.717) is 6.42 Å². The average Bonchev–Trinajstić information content (AvgIpc) is 3.19. The first kappa shape index (κ1) is 19.5. The van der Waals surface area contributed by atoms with Crippen LogP contribution in [0.15, 0.2) is 30.9 Å². The molecule has 10 heteroatoms. The minimum absolute atomic E-state index is 0.0473. The molecule has 3 fully saturated rings. The fourth-order valence-corrected chi connectivity index (χ4v) is 5.09. The number of carbonyl (C=O) groups is 3. The van der Waals surface area contributed by atoms with Crippen LogP contribution in [0.25, 0.3) is 0 Å². The lowest BCUT2D eigenvalue weighted by Gasteiger charge is -2.58. The van der Waals surface area contributed by atoms with E-state index in [2.05, 4.69) is 15.3 Å². The number of aryl methyl sites for hydroxylation is 1. The van der Waals surface area contributed by atoms with Crippen LogP contribution in [0.4, 0.5) is 4.79 Å². The fourth-order valence-electron chi connectivity index (χ4n) is 5.09. The van der Waals surface area contributed by atoms with Gasteiger partial charge in [0, 0.05) is 31.9 Å². The Kier molecular flexibility index (Phi) is 4.45. The van der Waals surface area contributed by atoms with Crippen molar-refractivity contribution < 1.29 is 19.1 Å². The van der Waals surface area contributed by atoms with Crippen LogP contribution >= 0.6 is 0 Å². The predicted molar refractivity (Wildman–Crippen MR) is 108 cm³/mol. The van der Waals surface area contributed by atoms with Crippen molar-refractivity contribution >= 4 is 17.8 Å². The van der Waals surface area contributed by atoms with Crippen LogP contribution in [0, 0.1) is 5.41 Å². The number of aromatic nitrogens is 3. The highest BCUT2D eigenvalue weighted by Crippen LogP contribution is 2.58. The number of nitrogens with one attached hydrogen (secondary N) is 1. The van der Waals surface area contributed by atoms with Gasteiger partial charge < -0.3 is 20.4 Å². The lowest BCUT2D eigenvalue weighted by molar-refractivity contribution is -0.140. The van der Waals surface area contributed by atoms with E-state index in [9.17, 15) is 14.4 Å². The highest BCUT2D eigenvalue weighted by molar-refractivity contribution is 6.04. The maximum Gasteiger partial charge on any atom is 0.325 e. The fraction of sp³-hybridized carbons (Fsp3) is 0.476. The molecule has 4 amide bonds. The molecule has 1 atom stereocenters. The highest BCUT2D eigenvalue weighted by Gasteiger charge is 2.58. The molecule has 0 bridgehead atoms. The number of carbonyl (C=O) groups excluding carboxylic acids is 3. The summed E-state index contributed by atoms with van der Waals surface area (Å²) < 4.78 is 7.70. The van der Waals surface area contributed by atoms with Crippen LogP contribution in [-0.4, -0.2) is 55.5 Å². The lowest BCUT2D eigenvalue weighted by atomic mass is 9.52. The van der Waals surface area contributed by atoms with Crippen molar-refractivity contribution in [2.75, 3.05) is 0 Å². The lowest BCUT2D eigenvalue weighted by Crippen LogP contribution is -2.60. The van der Waals surface area contributed by atoms with Crippen LogP contribution in [-0.2, 0) is 18.3 Å². The van der Waals surface area contributed by atoms with E-state index in [0.717, 1.165) is 31.4 Å². The number of ether oxygens (including phenoxy) is 1. The van der Waals surface area contributed by atoms with Gasteiger partial charge >= 0.3 is 6.03 Å². The van der Waals surface area contributed by atoms with Gasteiger partial charge in [-0.3, -0.25) is 14.5 Å². The molecule has 0 aromatic carbocycles. The molecule has 1 unspecified atom stereocenters. The molecule has 31 heavy (non-hydrogen) atoms. The Morgan fingerprint density at radius 2 is 2.06 bits per heavy atom. The van der Waals surface area contributed by atoms with Gasteiger partial charge in [-0.15, -0.1) is 0 Å².